The molecule has 0 radical (unpaired) electrons. The lowest BCUT2D eigenvalue weighted by molar-refractivity contribution is -0.155. The van der Waals surface area contributed by atoms with E-state index in [2.05, 4.69) is 0 Å². The molecular formula is C6H11FO2. The molecule has 2 atom stereocenters. The fourth-order valence-electron chi connectivity index (χ4n) is 1.01. The van der Waals surface area contributed by atoms with Crippen molar-refractivity contribution in [2.75, 3.05) is 6.61 Å². The second kappa shape index (κ2) is 2.23. The van der Waals surface area contributed by atoms with Crippen LogP contribution in [0.2, 0.25) is 0 Å². The molecule has 1 saturated heterocycles. The molecule has 1 aliphatic heterocycles. The standard InChI is InChI=1S/C6H11FO2/c1-5-2-3-6(7,4-8)9-5/h5,8H,2-4H2,1H3/t5-,6-/m0/s1. The van der Waals surface area contributed by atoms with E-state index >= 15 is 0 Å². The zero-order chi connectivity index (χ0) is 6.91. The first kappa shape index (κ1) is 6.96. The molecule has 0 spiro atoms. The van der Waals surface area contributed by atoms with E-state index in [0.29, 0.717) is 12.8 Å². The summed E-state index contributed by atoms with van der Waals surface area (Å²) in [6, 6.07) is 0. The molecule has 9 heavy (non-hydrogen) atoms. The summed E-state index contributed by atoms with van der Waals surface area (Å²) in [6.45, 7) is 1.29. The molecule has 1 N–H and O–H groups in total. The molecule has 3 heteroatoms. The van der Waals surface area contributed by atoms with Gasteiger partial charge in [-0.25, -0.2) is 4.39 Å². The molecule has 54 valence electrons. The van der Waals surface area contributed by atoms with Crippen LogP contribution in [0.1, 0.15) is 19.8 Å². The Morgan fingerprint density at radius 1 is 1.89 bits per heavy atom. The Morgan fingerprint density at radius 2 is 2.56 bits per heavy atom. The molecule has 0 aliphatic carbocycles. The van der Waals surface area contributed by atoms with Crippen LogP contribution in [-0.2, 0) is 4.74 Å². The number of aliphatic hydroxyl groups is 1. The van der Waals surface area contributed by atoms with E-state index in [1.807, 2.05) is 0 Å². The van der Waals surface area contributed by atoms with Gasteiger partial charge < -0.3 is 9.84 Å². The Hall–Kier alpha value is -0.150. The van der Waals surface area contributed by atoms with Crippen LogP contribution < -0.4 is 0 Å². The third-order valence-corrected chi connectivity index (χ3v) is 1.57. The zero-order valence-electron chi connectivity index (χ0n) is 5.43. The normalized spacial score (nSPS) is 43.7. The van der Waals surface area contributed by atoms with Crippen LogP contribution in [0.3, 0.4) is 0 Å². The minimum atomic E-state index is -1.74. The van der Waals surface area contributed by atoms with Gasteiger partial charge in [-0.05, 0) is 13.3 Å². The van der Waals surface area contributed by atoms with Crippen molar-refractivity contribution in [1.29, 1.82) is 0 Å². The number of alkyl halides is 1. The highest BCUT2D eigenvalue weighted by Crippen LogP contribution is 2.30. The Bertz CT molecular complexity index is 107. The molecule has 0 amide bonds. The van der Waals surface area contributed by atoms with Gasteiger partial charge in [-0.3, -0.25) is 0 Å². The van der Waals surface area contributed by atoms with E-state index in [4.69, 9.17) is 9.84 Å². The monoisotopic (exact) mass is 134 g/mol. The third-order valence-electron chi connectivity index (χ3n) is 1.57. The minimum absolute atomic E-state index is 0.0397. The van der Waals surface area contributed by atoms with E-state index in [1.165, 1.54) is 0 Å². The lowest BCUT2D eigenvalue weighted by Crippen LogP contribution is -2.26. The summed E-state index contributed by atoms with van der Waals surface area (Å²) in [7, 11) is 0. The van der Waals surface area contributed by atoms with E-state index in [-0.39, 0.29) is 6.10 Å². The number of ether oxygens (including phenoxy) is 1. The number of aliphatic hydroxyl groups excluding tert-OH is 1. The van der Waals surface area contributed by atoms with E-state index in [1.54, 1.807) is 6.92 Å². The van der Waals surface area contributed by atoms with Crippen molar-refractivity contribution in [3.8, 4) is 0 Å². The lowest BCUT2D eigenvalue weighted by Gasteiger charge is -2.15. The summed E-state index contributed by atoms with van der Waals surface area (Å²) < 4.78 is 17.6. The number of rotatable bonds is 1. The zero-order valence-corrected chi connectivity index (χ0v) is 5.43. The molecule has 0 saturated carbocycles. The largest absolute Gasteiger partial charge is 0.390 e. The maximum Gasteiger partial charge on any atom is 0.232 e. The Kier molecular flexibility index (Phi) is 1.73. The van der Waals surface area contributed by atoms with E-state index in [9.17, 15) is 4.39 Å². The summed E-state index contributed by atoms with van der Waals surface area (Å²) in [4.78, 5) is 0. The van der Waals surface area contributed by atoms with Crippen LogP contribution in [0.25, 0.3) is 0 Å². The van der Waals surface area contributed by atoms with E-state index in [0.717, 1.165) is 0 Å². The maximum absolute atomic E-state index is 12.8. The van der Waals surface area contributed by atoms with Crippen LogP contribution >= 0.6 is 0 Å². The molecule has 2 nitrogen and oxygen atoms in total. The fraction of sp³-hybridized carbons (Fsp3) is 1.00. The summed E-state index contributed by atoms with van der Waals surface area (Å²) in [5.74, 6) is -1.74. The van der Waals surface area contributed by atoms with Crippen molar-refractivity contribution >= 4 is 0 Å². The van der Waals surface area contributed by atoms with Gasteiger partial charge >= 0.3 is 0 Å². The highest BCUT2D eigenvalue weighted by atomic mass is 19.2. The van der Waals surface area contributed by atoms with Crippen molar-refractivity contribution in [3.63, 3.8) is 0 Å². The SMILES string of the molecule is C[C@H]1CC[C@@](F)(CO)O1. The Labute approximate surface area is 53.6 Å². The van der Waals surface area contributed by atoms with Gasteiger partial charge in [0.2, 0.25) is 5.85 Å². The predicted octanol–water partition coefficient (Wildman–Crippen LogP) is 0.843. The molecule has 1 rings (SSSR count). The van der Waals surface area contributed by atoms with Crippen molar-refractivity contribution in [3.05, 3.63) is 0 Å². The van der Waals surface area contributed by atoms with Gasteiger partial charge in [0, 0.05) is 6.42 Å². The first-order chi connectivity index (χ1) is 4.16. The van der Waals surface area contributed by atoms with Gasteiger partial charge in [0.15, 0.2) is 0 Å². The second-order valence-corrected chi connectivity index (χ2v) is 2.51. The van der Waals surface area contributed by atoms with Gasteiger partial charge in [-0.15, -0.1) is 0 Å². The average Bonchev–Trinajstić information content (AvgIpc) is 2.13. The number of hydrogen-bond acceptors (Lipinski definition) is 2. The summed E-state index contributed by atoms with van der Waals surface area (Å²) in [5, 5.41) is 8.44. The van der Waals surface area contributed by atoms with Gasteiger partial charge in [0.1, 0.15) is 6.61 Å². The highest BCUT2D eigenvalue weighted by Gasteiger charge is 2.37. The Morgan fingerprint density at radius 3 is 2.78 bits per heavy atom. The Balaban J connectivity index is 2.45. The predicted molar refractivity (Wildman–Crippen MR) is 30.7 cm³/mol. The van der Waals surface area contributed by atoms with Crippen LogP contribution in [0, 0.1) is 0 Å². The molecule has 1 aliphatic rings. The highest BCUT2D eigenvalue weighted by molar-refractivity contribution is 4.76. The molecule has 1 heterocycles. The van der Waals surface area contributed by atoms with Gasteiger partial charge in [-0.2, -0.15) is 0 Å². The van der Waals surface area contributed by atoms with Gasteiger partial charge in [0.05, 0.1) is 6.10 Å². The lowest BCUT2D eigenvalue weighted by atomic mass is 10.2. The van der Waals surface area contributed by atoms with Gasteiger partial charge in [-0.1, -0.05) is 0 Å². The molecule has 0 aromatic rings. The van der Waals surface area contributed by atoms with Crippen molar-refractivity contribution in [2.45, 2.75) is 31.7 Å². The smallest absolute Gasteiger partial charge is 0.232 e. The topological polar surface area (TPSA) is 29.5 Å². The van der Waals surface area contributed by atoms with Crippen molar-refractivity contribution < 1.29 is 14.2 Å². The minimum Gasteiger partial charge on any atom is -0.390 e. The maximum atomic E-state index is 12.8. The number of halogens is 1. The quantitative estimate of drug-likeness (QED) is 0.576. The van der Waals surface area contributed by atoms with Crippen LogP contribution in [0.15, 0.2) is 0 Å². The first-order valence-corrected chi connectivity index (χ1v) is 3.14. The van der Waals surface area contributed by atoms with Crippen molar-refractivity contribution in [2.24, 2.45) is 0 Å². The van der Waals surface area contributed by atoms with Crippen LogP contribution in [-0.4, -0.2) is 23.7 Å². The second-order valence-electron chi connectivity index (χ2n) is 2.51. The van der Waals surface area contributed by atoms with Crippen LogP contribution in [0.4, 0.5) is 4.39 Å². The molecule has 0 aromatic carbocycles. The van der Waals surface area contributed by atoms with Crippen molar-refractivity contribution in [1.82, 2.24) is 0 Å². The average molecular weight is 134 g/mol. The fourth-order valence-corrected chi connectivity index (χ4v) is 1.01. The molecule has 0 aromatic heterocycles. The van der Waals surface area contributed by atoms with Crippen LogP contribution in [0.5, 0.6) is 0 Å². The summed E-state index contributed by atoms with van der Waals surface area (Å²) >= 11 is 0. The number of hydrogen-bond donors (Lipinski definition) is 1. The first-order valence-electron chi connectivity index (χ1n) is 3.14. The molecule has 1 fully saturated rings. The summed E-state index contributed by atoms with van der Waals surface area (Å²) in [6.07, 6.45) is 0.990. The van der Waals surface area contributed by atoms with Gasteiger partial charge in [0.25, 0.3) is 0 Å². The third kappa shape index (κ3) is 1.40. The molecular weight excluding hydrogens is 123 g/mol. The summed E-state index contributed by atoms with van der Waals surface area (Å²) in [5.41, 5.74) is 0. The molecule has 0 unspecified atom stereocenters. The van der Waals surface area contributed by atoms with E-state index < -0.39 is 12.5 Å². The molecule has 0 bridgehead atoms.